The van der Waals surface area contributed by atoms with Crippen molar-refractivity contribution in [3.05, 3.63) is 57.9 Å². The quantitative estimate of drug-likeness (QED) is 0.679. The van der Waals surface area contributed by atoms with Crippen LogP contribution in [0.1, 0.15) is 54.9 Å². The third-order valence-electron chi connectivity index (χ3n) is 3.77. The van der Waals surface area contributed by atoms with Crippen molar-refractivity contribution in [3.63, 3.8) is 0 Å². The maximum atomic E-state index is 12.3. The van der Waals surface area contributed by atoms with Crippen molar-refractivity contribution in [1.82, 2.24) is 4.98 Å². The molecule has 1 aromatic heterocycles. The molecule has 1 aromatic carbocycles. The number of aromatic nitrogens is 1. The number of hydrogen-bond acceptors (Lipinski definition) is 4. The van der Waals surface area contributed by atoms with Gasteiger partial charge in [0.1, 0.15) is 0 Å². The molecule has 0 spiro atoms. The molecule has 0 aliphatic rings. The largest absolute Gasteiger partial charge is 0.454 e. The monoisotopic (exact) mass is 313 g/mol. The van der Waals surface area contributed by atoms with Crippen molar-refractivity contribution >= 4 is 17.5 Å². The number of benzene rings is 1. The number of H-pyrrole nitrogens is 1. The van der Waals surface area contributed by atoms with Gasteiger partial charge in [0.25, 0.3) is 0 Å². The summed E-state index contributed by atoms with van der Waals surface area (Å²) in [5, 5.41) is 0. The average Bonchev–Trinajstić information content (AvgIpc) is 2.80. The van der Waals surface area contributed by atoms with Crippen LogP contribution in [0.25, 0.3) is 0 Å². The molecule has 0 aliphatic heterocycles. The van der Waals surface area contributed by atoms with Gasteiger partial charge in [0.05, 0.1) is 11.3 Å². The lowest BCUT2D eigenvalue weighted by molar-refractivity contribution is 0.0472. The van der Waals surface area contributed by atoms with Crippen LogP contribution in [0.5, 0.6) is 0 Å². The highest BCUT2D eigenvalue weighted by atomic mass is 16.5. The summed E-state index contributed by atoms with van der Waals surface area (Å²) in [5.74, 6) is -1.00. The molecule has 0 aliphatic carbocycles. The fourth-order valence-corrected chi connectivity index (χ4v) is 2.64. The van der Waals surface area contributed by atoms with E-state index in [1.54, 1.807) is 39.0 Å². The van der Waals surface area contributed by atoms with Crippen LogP contribution in [0.15, 0.2) is 24.3 Å². The van der Waals surface area contributed by atoms with Gasteiger partial charge < -0.3 is 9.72 Å². The van der Waals surface area contributed by atoms with E-state index in [2.05, 4.69) is 4.98 Å². The second-order valence-electron chi connectivity index (χ2n) is 5.50. The molecule has 5 heteroatoms. The topological polar surface area (TPSA) is 76.2 Å². The Bertz CT molecular complexity index is 786. The minimum absolute atomic E-state index is 0.104. The fraction of sp³-hybridized carbons (Fsp3) is 0.278. The number of ether oxygens (including phenoxy) is 1. The number of nitrogens with one attached hydrogen (secondary N) is 1. The standard InChI is InChI=1S/C18H19NO4/c1-10-7-5-6-8-14(10)18(22)23-9-15(21)17-11(2)16(13(4)20)12(3)19-17/h5-8,19H,9H2,1-4H3. The molecular weight excluding hydrogens is 294 g/mol. The molecule has 120 valence electrons. The lowest BCUT2D eigenvalue weighted by Crippen LogP contribution is -2.16. The molecular formula is C18H19NO4. The SMILES string of the molecule is CC(=O)c1c(C)[nH]c(C(=O)COC(=O)c2ccccc2C)c1C. The molecule has 0 atom stereocenters. The number of rotatable bonds is 5. The normalized spacial score (nSPS) is 10.4. The number of aryl methyl sites for hydroxylation is 2. The summed E-state index contributed by atoms with van der Waals surface area (Å²) in [4.78, 5) is 38.8. The van der Waals surface area contributed by atoms with Crippen molar-refractivity contribution in [3.8, 4) is 0 Å². The third kappa shape index (κ3) is 3.39. The van der Waals surface area contributed by atoms with Gasteiger partial charge in [-0.1, -0.05) is 18.2 Å². The number of ketones is 2. The van der Waals surface area contributed by atoms with Crippen molar-refractivity contribution in [2.24, 2.45) is 0 Å². The molecule has 1 N–H and O–H groups in total. The summed E-state index contributed by atoms with van der Waals surface area (Å²) in [6.07, 6.45) is 0. The van der Waals surface area contributed by atoms with Crippen LogP contribution in [-0.2, 0) is 4.74 Å². The second kappa shape index (κ2) is 6.60. The Hall–Kier alpha value is -2.69. The van der Waals surface area contributed by atoms with E-state index in [0.29, 0.717) is 28.1 Å². The minimum atomic E-state index is -0.538. The fourth-order valence-electron chi connectivity index (χ4n) is 2.64. The summed E-state index contributed by atoms with van der Waals surface area (Å²) < 4.78 is 5.10. The first kappa shape index (κ1) is 16.7. The van der Waals surface area contributed by atoms with Crippen LogP contribution in [0.3, 0.4) is 0 Å². The van der Waals surface area contributed by atoms with Gasteiger partial charge in [-0.3, -0.25) is 9.59 Å². The number of esters is 1. The van der Waals surface area contributed by atoms with Crippen LogP contribution in [0.4, 0.5) is 0 Å². The maximum Gasteiger partial charge on any atom is 0.338 e. The Morgan fingerprint density at radius 3 is 2.30 bits per heavy atom. The Labute approximate surface area is 134 Å². The van der Waals surface area contributed by atoms with Gasteiger partial charge in [-0.15, -0.1) is 0 Å². The Morgan fingerprint density at radius 2 is 1.74 bits per heavy atom. The lowest BCUT2D eigenvalue weighted by Gasteiger charge is -2.06. The molecule has 0 unspecified atom stereocenters. The number of Topliss-reactive ketones (excluding diaryl/α,β-unsaturated/α-hetero) is 2. The van der Waals surface area contributed by atoms with E-state index in [4.69, 9.17) is 4.74 Å². The van der Waals surface area contributed by atoms with E-state index in [0.717, 1.165) is 5.56 Å². The van der Waals surface area contributed by atoms with Crippen molar-refractivity contribution in [1.29, 1.82) is 0 Å². The summed E-state index contributed by atoms with van der Waals surface area (Å²) >= 11 is 0. The van der Waals surface area contributed by atoms with Crippen molar-refractivity contribution in [2.75, 3.05) is 6.61 Å². The van der Waals surface area contributed by atoms with Gasteiger partial charge in [0, 0.05) is 11.3 Å². The van der Waals surface area contributed by atoms with Gasteiger partial charge >= 0.3 is 5.97 Å². The predicted octanol–water partition coefficient (Wildman–Crippen LogP) is 3.18. The van der Waals surface area contributed by atoms with E-state index in [9.17, 15) is 14.4 Å². The van der Waals surface area contributed by atoms with E-state index >= 15 is 0 Å². The summed E-state index contributed by atoms with van der Waals surface area (Å²) in [6.45, 7) is 6.33. The van der Waals surface area contributed by atoms with Crippen molar-refractivity contribution in [2.45, 2.75) is 27.7 Å². The summed E-state index contributed by atoms with van der Waals surface area (Å²) in [5.41, 5.74) is 3.28. The highest BCUT2D eigenvalue weighted by Crippen LogP contribution is 2.19. The van der Waals surface area contributed by atoms with Gasteiger partial charge in [0.2, 0.25) is 5.78 Å². The first-order valence-corrected chi connectivity index (χ1v) is 7.29. The van der Waals surface area contributed by atoms with Crippen LogP contribution >= 0.6 is 0 Å². The highest BCUT2D eigenvalue weighted by molar-refractivity contribution is 6.04. The van der Waals surface area contributed by atoms with Crippen LogP contribution in [0.2, 0.25) is 0 Å². The Balaban J connectivity index is 2.12. The zero-order chi connectivity index (χ0) is 17.1. The molecule has 1 heterocycles. The minimum Gasteiger partial charge on any atom is -0.454 e. The number of carbonyl (C=O) groups excluding carboxylic acids is 3. The van der Waals surface area contributed by atoms with Gasteiger partial charge in [-0.2, -0.15) is 0 Å². The highest BCUT2D eigenvalue weighted by Gasteiger charge is 2.21. The Kier molecular flexibility index (Phi) is 4.79. The first-order valence-electron chi connectivity index (χ1n) is 7.29. The van der Waals surface area contributed by atoms with Crippen LogP contribution in [-0.4, -0.2) is 29.1 Å². The first-order chi connectivity index (χ1) is 10.8. The smallest absolute Gasteiger partial charge is 0.338 e. The van der Waals surface area contributed by atoms with Gasteiger partial charge in [0.15, 0.2) is 12.4 Å². The van der Waals surface area contributed by atoms with Gasteiger partial charge in [-0.25, -0.2) is 4.79 Å². The zero-order valence-electron chi connectivity index (χ0n) is 13.6. The molecule has 23 heavy (non-hydrogen) atoms. The van der Waals surface area contributed by atoms with E-state index in [1.165, 1.54) is 6.92 Å². The van der Waals surface area contributed by atoms with Crippen LogP contribution in [0, 0.1) is 20.8 Å². The molecule has 5 nitrogen and oxygen atoms in total. The Morgan fingerprint density at radius 1 is 1.09 bits per heavy atom. The molecule has 2 rings (SSSR count). The predicted molar refractivity (Wildman–Crippen MR) is 86.1 cm³/mol. The second-order valence-corrected chi connectivity index (χ2v) is 5.50. The molecule has 0 radical (unpaired) electrons. The lowest BCUT2D eigenvalue weighted by atomic mass is 10.1. The molecule has 0 saturated carbocycles. The van der Waals surface area contributed by atoms with Gasteiger partial charge in [-0.05, 0) is 44.9 Å². The average molecular weight is 313 g/mol. The molecule has 0 fully saturated rings. The maximum absolute atomic E-state index is 12.3. The summed E-state index contributed by atoms with van der Waals surface area (Å²) in [6, 6.07) is 7.02. The number of aromatic amines is 1. The molecule has 0 amide bonds. The van der Waals surface area contributed by atoms with Crippen LogP contribution < -0.4 is 0 Å². The van der Waals surface area contributed by atoms with E-state index in [1.807, 2.05) is 6.07 Å². The zero-order valence-corrected chi connectivity index (χ0v) is 13.6. The molecule has 0 saturated heterocycles. The number of carbonyl (C=O) groups is 3. The number of hydrogen-bond donors (Lipinski definition) is 1. The van der Waals surface area contributed by atoms with Crippen molar-refractivity contribution < 1.29 is 19.1 Å². The van der Waals surface area contributed by atoms with E-state index < -0.39 is 5.97 Å². The van der Waals surface area contributed by atoms with E-state index in [-0.39, 0.29) is 18.2 Å². The molecule has 0 bridgehead atoms. The molecule has 2 aromatic rings. The summed E-state index contributed by atoms with van der Waals surface area (Å²) in [7, 11) is 0. The third-order valence-corrected chi connectivity index (χ3v) is 3.77.